The van der Waals surface area contributed by atoms with E-state index in [0.717, 1.165) is 21.4 Å². The van der Waals surface area contributed by atoms with Crippen molar-refractivity contribution in [3.8, 4) is 0 Å². The van der Waals surface area contributed by atoms with Crippen LogP contribution in [0.15, 0.2) is 53.0 Å². The number of rotatable bonds is 5. The van der Waals surface area contributed by atoms with E-state index in [2.05, 4.69) is 21.2 Å². The van der Waals surface area contributed by atoms with Gasteiger partial charge < -0.3 is 10.2 Å². The molecule has 0 spiro atoms. The summed E-state index contributed by atoms with van der Waals surface area (Å²) in [7, 11) is 0. The van der Waals surface area contributed by atoms with Crippen LogP contribution in [0, 0.1) is 6.92 Å². The monoisotopic (exact) mass is 374 g/mol. The molecule has 23 heavy (non-hydrogen) atoms. The number of amides is 2. The molecule has 1 N–H and O–H groups in total. The van der Waals surface area contributed by atoms with E-state index in [-0.39, 0.29) is 18.2 Å². The number of halogens is 1. The number of anilines is 2. The summed E-state index contributed by atoms with van der Waals surface area (Å²) in [6.07, 6.45) is 0.240. The van der Waals surface area contributed by atoms with Gasteiger partial charge in [-0.1, -0.05) is 34.1 Å². The standard InChI is InChI=1S/C18H19BrN2O2/c1-13-12-15(8-9-17(13)19)20-18(23)10-11-21(14(2)22)16-6-4-3-5-7-16/h3-9,12H,10-11H2,1-2H3,(H,20,23). The van der Waals surface area contributed by atoms with Crippen LogP contribution in [-0.2, 0) is 9.59 Å². The number of hydrogen-bond acceptors (Lipinski definition) is 2. The van der Waals surface area contributed by atoms with Crippen molar-refractivity contribution in [1.82, 2.24) is 0 Å². The molecule has 0 aromatic heterocycles. The second-order valence-electron chi connectivity index (χ2n) is 5.27. The van der Waals surface area contributed by atoms with Crippen molar-refractivity contribution in [2.45, 2.75) is 20.3 Å². The lowest BCUT2D eigenvalue weighted by atomic mass is 10.2. The molecule has 0 saturated carbocycles. The lowest BCUT2D eigenvalue weighted by molar-refractivity contribution is -0.117. The van der Waals surface area contributed by atoms with E-state index in [4.69, 9.17) is 0 Å². The average molecular weight is 375 g/mol. The van der Waals surface area contributed by atoms with Gasteiger partial charge in [0.05, 0.1) is 0 Å². The van der Waals surface area contributed by atoms with E-state index >= 15 is 0 Å². The second kappa shape index (κ2) is 7.92. The van der Waals surface area contributed by atoms with Crippen molar-refractivity contribution in [2.75, 3.05) is 16.8 Å². The first-order valence-corrected chi connectivity index (χ1v) is 8.16. The lowest BCUT2D eigenvalue weighted by Crippen LogP contribution is -2.31. The van der Waals surface area contributed by atoms with Crippen LogP contribution < -0.4 is 10.2 Å². The minimum atomic E-state index is -0.117. The second-order valence-corrected chi connectivity index (χ2v) is 6.12. The molecular weight excluding hydrogens is 356 g/mol. The molecule has 2 aromatic rings. The number of carbonyl (C=O) groups excluding carboxylic acids is 2. The zero-order valence-corrected chi connectivity index (χ0v) is 14.8. The first-order chi connectivity index (χ1) is 11.0. The quantitative estimate of drug-likeness (QED) is 0.854. The smallest absolute Gasteiger partial charge is 0.226 e. The summed E-state index contributed by atoms with van der Waals surface area (Å²) in [5, 5.41) is 2.86. The van der Waals surface area contributed by atoms with Crippen LogP contribution in [0.5, 0.6) is 0 Å². The van der Waals surface area contributed by atoms with Crippen LogP contribution in [-0.4, -0.2) is 18.4 Å². The number of para-hydroxylation sites is 1. The van der Waals surface area contributed by atoms with Crippen LogP contribution in [0.2, 0.25) is 0 Å². The Morgan fingerprint density at radius 1 is 1.13 bits per heavy atom. The molecule has 0 aliphatic heterocycles. The third kappa shape index (κ3) is 4.93. The fraction of sp³-hybridized carbons (Fsp3) is 0.222. The fourth-order valence-electron chi connectivity index (χ4n) is 2.24. The van der Waals surface area contributed by atoms with Crippen LogP contribution in [0.25, 0.3) is 0 Å². The lowest BCUT2D eigenvalue weighted by Gasteiger charge is -2.20. The van der Waals surface area contributed by atoms with Crippen LogP contribution in [0.4, 0.5) is 11.4 Å². The van der Waals surface area contributed by atoms with Crippen molar-refractivity contribution in [1.29, 1.82) is 0 Å². The van der Waals surface area contributed by atoms with E-state index in [1.807, 2.05) is 55.5 Å². The molecule has 0 atom stereocenters. The van der Waals surface area contributed by atoms with Gasteiger partial charge >= 0.3 is 0 Å². The molecule has 0 unspecified atom stereocenters. The maximum Gasteiger partial charge on any atom is 0.226 e. The first kappa shape index (κ1) is 17.2. The summed E-state index contributed by atoms with van der Waals surface area (Å²) in [4.78, 5) is 25.5. The number of nitrogens with one attached hydrogen (secondary N) is 1. The molecule has 5 heteroatoms. The highest BCUT2D eigenvalue weighted by Crippen LogP contribution is 2.20. The molecule has 2 amide bonds. The van der Waals surface area contributed by atoms with E-state index in [0.29, 0.717) is 6.54 Å². The first-order valence-electron chi connectivity index (χ1n) is 7.36. The number of hydrogen-bond donors (Lipinski definition) is 1. The Morgan fingerprint density at radius 3 is 2.43 bits per heavy atom. The highest BCUT2D eigenvalue weighted by atomic mass is 79.9. The zero-order valence-electron chi connectivity index (χ0n) is 13.2. The summed E-state index contributed by atoms with van der Waals surface area (Å²) in [5.74, 6) is -0.197. The third-order valence-electron chi connectivity index (χ3n) is 3.45. The number of nitrogens with zero attached hydrogens (tertiary/aromatic N) is 1. The van der Waals surface area contributed by atoms with Crippen molar-refractivity contribution in [3.63, 3.8) is 0 Å². The van der Waals surface area contributed by atoms with Crippen molar-refractivity contribution in [2.24, 2.45) is 0 Å². The SMILES string of the molecule is CC(=O)N(CCC(=O)Nc1ccc(Br)c(C)c1)c1ccccc1. The van der Waals surface area contributed by atoms with E-state index in [9.17, 15) is 9.59 Å². The van der Waals surface area contributed by atoms with Gasteiger partial charge in [0.1, 0.15) is 0 Å². The van der Waals surface area contributed by atoms with Gasteiger partial charge in [-0.3, -0.25) is 9.59 Å². The molecule has 0 radical (unpaired) electrons. The normalized spacial score (nSPS) is 10.2. The molecule has 0 heterocycles. The van der Waals surface area contributed by atoms with Crippen LogP contribution in [0.3, 0.4) is 0 Å². The van der Waals surface area contributed by atoms with Crippen molar-refractivity contribution in [3.05, 3.63) is 58.6 Å². The van der Waals surface area contributed by atoms with Gasteiger partial charge in [0.15, 0.2) is 0 Å². The topological polar surface area (TPSA) is 49.4 Å². The molecular formula is C18H19BrN2O2. The number of carbonyl (C=O) groups is 2. The Kier molecular flexibility index (Phi) is 5.93. The summed E-state index contributed by atoms with van der Waals surface area (Å²) < 4.78 is 1.00. The highest BCUT2D eigenvalue weighted by Gasteiger charge is 2.13. The van der Waals surface area contributed by atoms with Gasteiger partial charge in [-0.05, 0) is 42.8 Å². The zero-order chi connectivity index (χ0) is 16.8. The summed E-state index contributed by atoms with van der Waals surface area (Å²) in [6, 6.07) is 15.0. The molecule has 0 bridgehead atoms. The molecule has 0 saturated heterocycles. The molecule has 0 fully saturated rings. The predicted molar refractivity (Wildman–Crippen MR) is 96.6 cm³/mol. The molecule has 0 aliphatic rings. The van der Waals surface area contributed by atoms with Crippen molar-refractivity contribution >= 4 is 39.1 Å². The molecule has 4 nitrogen and oxygen atoms in total. The Morgan fingerprint density at radius 2 is 1.83 bits per heavy atom. The summed E-state index contributed by atoms with van der Waals surface area (Å²) in [5.41, 5.74) is 2.61. The maximum atomic E-state index is 12.1. The predicted octanol–water partition coefficient (Wildman–Crippen LogP) is 4.14. The fourth-order valence-corrected chi connectivity index (χ4v) is 2.48. The third-order valence-corrected chi connectivity index (χ3v) is 4.34. The molecule has 2 aromatic carbocycles. The maximum absolute atomic E-state index is 12.1. The average Bonchev–Trinajstić information content (AvgIpc) is 2.52. The van der Waals surface area contributed by atoms with E-state index < -0.39 is 0 Å². The summed E-state index contributed by atoms with van der Waals surface area (Å²) >= 11 is 3.43. The van der Waals surface area contributed by atoms with Crippen LogP contribution in [0.1, 0.15) is 18.9 Å². The van der Waals surface area contributed by atoms with E-state index in [1.54, 1.807) is 4.90 Å². The van der Waals surface area contributed by atoms with Gasteiger partial charge in [0, 0.05) is 35.7 Å². The van der Waals surface area contributed by atoms with E-state index in [1.165, 1.54) is 6.92 Å². The number of benzene rings is 2. The van der Waals surface area contributed by atoms with Gasteiger partial charge in [0.25, 0.3) is 0 Å². The minimum absolute atomic E-state index is 0.0801. The Balaban J connectivity index is 1.96. The Hall–Kier alpha value is -2.14. The largest absolute Gasteiger partial charge is 0.326 e. The van der Waals surface area contributed by atoms with Gasteiger partial charge in [-0.2, -0.15) is 0 Å². The molecule has 2 rings (SSSR count). The van der Waals surface area contributed by atoms with Crippen molar-refractivity contribution < 1.29 is 9.59 Å². The van der Waals surface area contributed by atoms with Gasteiger partial charge in [-0.25, -0.2) is 0 Å². The minimum Gasteiger partial charge on any atom is -0.326 e. The Bertz CT molecular complexity index is 701. The number of aryl methyl sites for hydroxylation is 1. The highest BCUT2D eigenvalue weighted by molar-refractivity contribution is 9.10. The van der Waals surface area contributed by atoms with Gasteiger partial charge in [0.2, 0.25) is 11.8 Å². The molecule has 120 valence electrons. The summed E-state index contributed by atoms with van der Waals surface area (Å²) in [6.45, 7) is 3.82. The van der Waals surface area contributed by atoms with Gasteiger partial charge in [-0.15, -0.1) is 0 Å². The Labute approximate surface area is 144 Å². The molecule has 0 aliphatic carbocycles. The van der Waals surface area contributed by atoms with Crippen LogP contribution >= 0.6 is 15.9 Å².